The molecule has 1 aliphatic rings. The molecule has 1 fully saturated rings. The third-order valence-electron chi connectivity index (χ3n) is 5.94. The highest BCUT2D eigenvalue weighted by Gasteiger charge is 2.14. The molecular formula is C27H27NO3S. The van der Waals surface area contributed by atoms with E-state index in [-0.39, 0.29) is 5.75 Å². The van der Waals surface area contributed by atoms with Crippen molar-refractivity contribution < 1.29 is 14.6 Å². The summed E-state index contributed by atoms with van der Waals surface area (Å²) in [4.78, 5) is 3.51. The highest BCUT2D eigenvalue weighted by atomic mass is 32.1. The van der Waals surface area contributed by atoms with E-state index in [0.717, 1.165) is 45.0 Å². The fraction of sp³-hybridized carbons (Fsp3) is 0.259. The van der Waals surface area contributed by atoms with Crippen molar-refractivity contribution >= 4 is 22.1 Å². The molecule has 0 spiro atoms. The molecule has 0 atom stereocenters. The van der Waals surface area contributed by atoms with E-state index in [4.69, 9.17) is 9.47 Å². The minimum atomic E-state index is 0.281. The predicted octanol–water partition coefficient (Wildman–Crippen LogP) is 6.93. The molecule has 1 aliphatic heterocycles. The lowest BCUT2D eigenvalue weighted by Gasteiger charge is -2.26. The Bertz CT molecular complexity index is 1170. The van der Waals surface area contributed by atoms with Gasteiger partial charge in [0.15, 0.2) is 0 Å². The van der Waals surface area contributed by atoms with E-state index >= 15 is 0 Å². The van der Waals surface area contributed by atoms with Crippen LogP contribution in [0.25, 0.3) is 21.2 Å². The van der Waals surface area contributed by atoms with Crippen LogP contribution >= 0.6 is 11.3 Å². The van der Waals surface area contributed by atoms with E-state index in [9.17, 15) is 5.11 Å². The van der Waals surface area contributed by atoms with Crippen molar-refractivity contribution in [3.05, 3.63) is 72.1 Å². The molecule has 0 radical (unpaired) electrons. The fourth-order valence-electron chi connectivity index (χ4n) is 4.29. The van der Waals surface area contributed by atoms with Crippen LogP contribution in [-0.4, -0.2) is 36.2 Å². The summed E-state index contributed by atoms with van der Waals surface area (Å²) in [6.07, 6.45) is 3.95. The number of fused-ring (bicyclic) bond motifs is 1. The van der Waals surface area contributed by atoms with Gasteiger partial charge < -0.3 is 14.6 Å². The SMILES string of the molecule is Oc1ccc2c(Oc3ccc(OCCN4CCCCC4)cc3)cccc2c1-c1cccs1. The molecule has 1 aromatic heterocycles. The minimum Gasteiger partial charge on any atom is -0.507 e. The average Bonchev–Trinajstić information content (AvgIpc) is 3.35. The molecule has 0 bridgehead atoms. The lowest BCUT2D eigenvalue weighted by Crippen LogP contribution is -2.33. The summed E-state index contributed by atoms with van der Waals surface area (Å²) < 4.78 is 12.1. The molecule has 1 N–H and O–H groups in total. The first-order valence-corrected chi connectivity index (χ1v) is 12.1. The monoisotopic (exact) mass is 445 g/mol. The molecule has 4 aromatic rings. The Balaban J connectivity index is 1.30. The predicted molar refractivity (Wildman–Crippen MR) is 131 cm³/mol. The van der Waals surface area contributed by atoms with Crippen LogP contribution < -0.4 is 9.47 Å². The van der Waals surface area contributed by atoms with E-state index in [1.165, 1.54) is 32.4 Å². The Hall–Kier alpha value is -3.02. The van der Waals surface area contributed by atoms with Gasteiger partial charge in [-0.2, -0.15) is 0 Å². The van der Waals surface area contributed by atoms with Gasteiger partial charge in [0.25, 0.3) is 0 Å². The Morgan fingerprint density at radius 2 is 1.62 bits per heavy atom. The lowest BCUT2D eigenvalue weighted by molar-refractivity contribution is 0.183. The summed E-state index contributed by atoms with van der Waals surface area (Å²) in [6, 6.07) is 21.4. The third kappa shape index (κ3) is 4.59. The zero-order valence-corrected chi connectivity index (χ0v) is 18.8. The molecule has 32 heavy (non-hydrogen) atoms. The van der Waals surface area contributed by atoms with Crippen LogP contribution in [0.2, 0.25) is 0 Å². The number of hydrogen-bond acceptors (Lipinski definition) is 5. The van der Waals surface area contributed by atoms with Gasteiger partial charge in [0.1, 0.15) is 29.6 Å². The second-order valence-corrected chi connectivity index (χ2v) is 9.06. The molecule has 0 aliphatic carbocycles. The standard InChI is InChI=1S/C27H27NO3S/c29-24-14-13-22-23(27(24)26-8-5-19-32-26)6-4-7-25(22)31-21-11-9-20(10-12-21)30-18-17-28-15-2-1-3-16-28/h4-14,19,29H,1-3,15-18H2. The van der Waals surface area contributed by atoms with Gasteiger partial charge in [-0.25, -0.2) is 0 Å². The maximum absolute atomic E-state index is 10.5. The second kappa shape index (κ2) is 9.63. The lowest BCUT2D eigenvalue weighted by atomic mass is 10.0. The van der Waals surface area contributed by atoms with Crippen LogP contribution in [0, 0.1) is 0 Å². The molecule has 5 heteroatoms. The van der Waals surface area contributed by atoms with E-state index in [1.807, 2.05) is 66.0 Å². The van der Waals surface area contributed by atoms with E-state index in [0.29, 0.717) is 6.61 Å². The minimum absolute atomic E-state index is 0.281. The number of benzene rings is 3. The molecule has 0 unspecified atom stereocenters. The largest absolute Gasteiger partial charge is 0.507 e. The van der Waals surface area contributed by atoms with Crippen LogP contribution in [0.5, 0.6) is 23.0 Å². The number of nitrogens with zero attached hydrogens (tertiary/aromatic N) is 1. The summed E-state index contributed by atoms with van der Waals surface area (Å²) >= 11 is 1.61. The summed E-state index contributed by atoms with van der Waals surface area (Å²) in [6.45, 7) is 4.06. The summed E-state index contributed by atoms with van der Waals surface area (Å²) in [5.74, 6) is 2.66. The van der Waals surface area contributed by atoms with Crippen molar-refractivity contribution in [3.8, 4) is 33.4 Å². The van der Waals surface area contributed by atoms with Crippen LogP contribution in [0.1, 0.15) is 19.3 Å². The number of rotatable bonds is 7. The Morgan fingerprint density at radius 1 is 0.812 bits per heavy atom. The number of piperidine rings is 1. The van der Waals surface area contributed by atoms with Crippen molar-refractivity contribution in [2.24, 2.45) is 0 Å². The quantitative estimate of drug-likeness (QED) is 0.335. The van der Waals surface area contributed by atoms with Gasteiger partial charge in [-0.05, 0) is 85.2 Å². The Labute approximate surface area is 192 Å². The van der Waals surface area contributed by atoms with Crippen LogP contribution in [0.4, 0.5) is 0 Å². The molecule has 164 valence electrons. The van der Waals surface area contributed by atoms with Gasteiger partial charge in [-0.1, -0.05) is 24.6 Å². The van der Waals surface area contributed by atoms with Crippen molar-refractivity contribution in [1.29, 1.82) is 0 Å². The molecule has 4 nitrogen and oxygen atoms in total. The van der Waals surface area contributed by atoms with Gasteiger partial charge in [-0.15, -0.1) is 11.3 Å². The number of ether oxygens (including phenoxy) is 2. The van der Waals surface area contributed by atoms with Crippen LogP contribution in [-0.2, 0) is 0 Å². The molecule has 0 amide bonds. The maximum Gasteiger partial charge on any atom is 0.135 e. The molecule has 0 saturated carbocycles. The number of likely N-dealkylation sites (tertiary alicyclic amines) is 1. The van der Waals surface area contributed by atoms with Gasteiger partial charge in [-0.3, -0.25) is 4.90 Å². The maximum atomic E-state index is 10.5. The van der Waals surface area contributed by atoms with Crippen molar-refractivity contribution in [2.45, 2.75) is 19.3 Å². The number of thiophene rings is 1. The van der Waals surface area contributed by atoms with Gasteiger partial charge in [0, 0.05) is 22.4 Å². The van der Waals surface area contributed by atoms with E-state index in [1.54, 1.807) is 17.4 Å². The zero-order valence-electron chi connectivity index (χ0n) is 18.0. The number of aromatic hydroxyl groups is 1. The topological polar surface area (TPSA) is 41.9 Å². The highest BCUT2D eigenvalue weighted by molar-refractivity contribution is 7.13. The fourth-order valence-corrected chi connectivity index (χ4v) is 5.09. The van der Waals surface area contributed by atoms with E-state index in [2.05, 4.69) is 4.90 Å². The summed E-state index contributed by atoms with van der Waals surface area (Å²) in [7, 11) is 0. The van der Waals surface area contributed by atoms with Crippen molar-refractivity contribution in [2.75, 3.05) is 26.2 Å². The van der Waals surface area contributed by atoms with Crippen molar-refractivity contribution in [1.82, 2.24) is 4.90 Å². The van der Waals surface area contributed by atoms with Gasteiger partial charge >= 0.3 is 0 Å². The van der Waals surface area contributed by atoms with Crippen LogP contribution in [0.3, 0.4) is 0 Å². The summed E-state index contributed by atoms with van der Waals surface area (Å²) in [5, 5.41) is 14.5. The first-order valence-electron chi connectivity index (χ1n) is 11.2. The molecule has 2 heterocycles. The molecule has 3 aromatic carbocycles. The molecule has 1 saturated heterocycles. The smallest absolute Gasteiger partial charge is 0.135 e. The van der Waals surface area contributed by atoms with E-state index < -0.39 is 0 Å². The first kappa shape index (κ1) is 20.9. The van der Waals surface area contributed by atoms with Crippen LogP contribution in [0.15, 0.2) is 72.1 Å². The Kier molecular flexibility index (Phi) is 6.28. The van der Waals surface area contributed by atoms with Crippen molar-refractivity contribution in [3.63, 3.8) is 0 Å². The zero-order chi connectivity index (χ0) is 21.8. The normalized spacial score (nSPS) is 14.5. The van der Waals surface area contributed by atoms with Gasteiger partial charge in [0.05, 0.1) is 0 Å². The third-order valence-corrected chi connectivity index (χ3v) is 6.83. The molecular weight excluding hydrogens is 418 g/mol. The van der Waals surface area contributed by atoms with Gasteiger partial charge in [0.2, 0.25) is 0 Å². The number of phenolic OH excluding ortho intramolecular Hbond substituents is 1. The second-order valence-electron chi connectivity index (χ2n) is 8.11. The number of phenols is 1. The molecule has 5 rings (SSSR count). The number of hydrogen-bond donors (Lipinski definition) is 1. The average molecular weight is 446 g/mol. The first-order chi connectivity index (χ1) is 15.8. The Morgan fingerprint density at radius 3 is 2.41 bits per heavy atom. The summed E-state index contributed by atoms with van der Waals surface area (Å²) in [5.41, 5.74) is 0.848. The highest BCUT2D eigenvalue weighted by Crippen LogP contribution is 2.42.